The van der Waals surface area contributed by atoms with E-state index >= 15 is 0 Å². The predicted molar refractivity (Wildman–Crippen MR) is 89.8 cm³/mol. The van der Waals surface area contributed by atoms with Gasteiger partial charge in [0.2, 0.25) is 0 Å². The molecule has 2 atom stereocenters. The molecular weight excluding hydrogens is 274 g/mol. The van der Waals surface area contributed by atoms with Gasteiger partial charge in [-0.25, -0.2) is 4.98 Å². The van der Waals surface area contributed by atoms with Crippen molar-refractivity contribution in [3.8, 4) is 0 Å². The van der Waals surface area contributed by atoms with Crippen LogP contribution in [-0.2, 0) is 13.5 Å². The number of rotatable bonds is 6. The lowest BCUT2D eigenvalue weighted by molar-refractivity contribution is 0.133. The zero-order valence-corrected chi connectivity index (χ0v) is 13.5. The molecule has 2 N–H and O–H groups in total. The zero-order chi connectivity index (χ0) is 15.4. The molecule has 0 aliphatic heterocycles. The average molecular weight is 301 g/mol. The topological polar surface area (TPSA) is 50.1 Å². The predicted octanol–water partition coefficient (Wildman–Crippen LogP) is 2.50. The number of nitrogens with zero attached hydrogens (tertiary/aromatic N) is 2. The van der Waals surface area contributed by atoms with Crippen molar-refractivity contribution in [3.05, 3.63) is 30.1 Å². The number of aromatic nitrogens is 2. The van der Waals surface area contributed by atoms with E-state index in [1.807, 2.05) is 6.07 Å². The highest BCUT2D eigenvalue weighted by molar-refractivity contribution is 5.75. The van der Waals surface area contributed by atoms with Gasteiger partial charge < -0.3 is 15.0 Å². The average Bonchev–Trinajstić information content (AvgIpc) is 2.88. The van der Waals surface area contributed by atoms with Gasteiger partial charge in [0, 0.05) is 26.6 Å². The van der Waals surface area contributed by atoms with Crippen molar-refractivity contribution in [3.63, 3.8) is 0 Å². The summed E-state index contributed by atoms with van der Waals surface area (Å²) < 4.78 is 2.19. The molecule has 0 amide bonds. The fourth-order valence-electron chi connectivity index (χ4n) is 3.70. The van der Waals surface area contributed by atoms with E-state index in [4.69, 9.17) is 4.98 Å². The highest BCUT2D eigenvalue weighted by atomic mass is 16.3. The Morgan fingerprint density at radius 3 is 2.77 bits per heavy atom. The van der Waals surface area contributed by atoms with Gasteiger partial charge in [-0.2, -0.15) is 0 Å². The molecule has 2 aromatic rings. The monoisotopic (exact) mass is 301 g/mol. The van der Waals surface area contributed by atoms with E-state index in [1.165, 1.54) is 31.2 Å². The maximum absolute atomic E-state index is 9.47. The molecular formula is C18H27N3O. The Bertz CT molecular complexity index is 607. The van der Waals surface area contributed by atoms with Crippen LogP contribution in [0.5, 0.6) is 0 Å². The Hall–Kier alpha value is -1.39. The second-order valence-corrected chi connectivity index (χ2v) is 6.52. The van der Waals surface area contributed by atoms with Crippen LogP contribution in [0, 0.1) is 11.8 Å². The first-order valence-corrected chi connectivity index (χ1v) is 8.51. The summed E-state index contributed by atoms with van der Waals surface area (Å²) >= 11 is 0. The fraction of sp³-hybridized carbons (Fsp3) is 0.611. The molecule has 2 unspecified atom stereocenters. The van der Waals surface area contributed by atoms with Crippen LogP contribution in [0.4, 0.5) is 0 Å². The van der Waals surface area contributed by atoms with Crippen molar-refractivity contribution >= 4 is 11.0 Å². The Morgan fingerprint density at radius 2 is 2.00 bits per heavy atom. The SMILES string of the molecule is Cn1c(CCNCC2CCCCC2CO)nc2ccccc21. The molecule has 1 fully saturated rings. The summed E-state index contributed by atoms with van der Waals surface area (Å²) in [5.41, 5.74) is 2.28. The van der Waals surface area contributed by atoms with Crippen molar-refractivity contribution in [2.45, 2.75) is 32.1 Å². The van der Waals surface area contributed by atoms with E-state index in [1.54, 1.807) is 0 Å². The van der Waals surface area contributed by atoms with E-state index < -0.39 is 0 Å². The Labute approximate surface area is 132 Å². The number of nitrogens with one attached hydrogen (secondary N) is 1. The van der Waals surface area contributed by atoms with Gasteiger partial charge in [0.25, 0.3) is 0 Å². The molecule has 0 spiro atoms. The summed E-state index contributed by atoms with van der Waals surface area (Å²) in [6, 6.07) is 8.28. The minimum atomic E-state index is 0.344. The molecule has 0 saturated heterocycles. The summed E-state index contributed by atoms with van der Waals surface area (Å²) in [6.45, 7) is 2.32. The third kappa shape index (κ3) is 3.33. The summed E-state index contributed by atoms with van der Waals surface area (Å²) in [7, 11) is 2.09. The number of aryl methyl sites for hydroxylation is 1. The van der Waals surface area contributed by atoms with E-state index in [0.717, 1.165) is 30.9 Å². The van der Waals surface area contributed by atoms with Crippen LogP contribution in [0.1, 0.15) is 31.5 Å². The van der Waals surface area contributed by atoms with Crippen LogP contribution < -0.4 is 5.32 Å². The minimum Gasteiger partial charge on any atom is -0.396 e. The highest BCUT2D eigenvalue weighted by Gasteiger charge is 2.23. The van der Waals surface area contributed by atoms with E-state index in [0.29, 0.717) is 18.4 Å². The first-order chi connectivity index (χ1) is 10.8. The van der Waals surface area contributed by atoms with Gasteiger partial charge in [0.15, 0.2) is 0 Å². The third-order valence-electron chi connectivity index (χ3n) is 5.11. The molecule has 1 aromatic heterocycles. The summed E-state index contributed by atoms with van der Waals surface area (Å²) in [4.78, 5) is 4.71. The summed E-state index contributed by atoms with van der Waals surface area (Å²) in [6.07, 6.45) is 5.98. The molecule has 0 radical (unpaired) electrons. The lowest BCUT2D eigenvalue weighted by atomic mass is 9.79. The van der Waals surface area contributed by atoms with Crippen molar-refractivity contribution in [1.82, 2.24) is 14.9 Å². The lowest BCUT2D eigenvalue weighted by Crippen LogP contribution is -2.33. The first kappa shape index (κ1) is 15.5. The Morgan fingerprint density at radius 1 is 1.23 bits per heavy atom. The maximum atomic E-state index is 9.47. The second kappa shape index (κ2) is 7.25. The first-order valence-electron chi connectivity index (χ1n) is 8.51. The normalized spacial score (nSPS) is 22.3. The van der Waals surface area contributed by atoms with Crippen LogP contribution in [0.15, 0.2) is 24.3 Å². The smallest absolute Gasteiger partial charge is 0.110 e. The Balaban J connectivity index is 1.51. The fourth-order valence-corrected chi connectivity index (χ4v) is 3.70. The van der Waals surface area contributed by atoms with Gasteiger partial charge in [-0.05, 0) is 43.4 Å². The molecule has 22 heavy (non-hydrogen) atoms. The van der Waals surface area contributed by atoms with Gasteiger partial charge >= 0.3 is 0 Å². The van der Waals surface area contributed by atoms with Gasteiger partial charge in [-0.3, -0.25) is 0 Å². The van der Waals surface area contributed by atoms with E-state index in [9.17, 15) is 5.11 Å². The molecule has 1 aliphatic rings. The molecule has 0 bridgehead atoms. The van der Waals surface area contributed by atoms with Crippen LogP contribution in [-0.4, -0.2) is 34.4 Å². The number of benzene rings is 1. The van der Waals surface area contributed by atoms with Crippen molar-refractivity contribution in [1.29, 1.82) is 0 Å². The molecule has 1 aliphatic carbocycles. The quantitative estimate of drug-likeness (QED) is 0.806. The number of aliphatic hydroxyl groups excluding tert-OH is 1. The molecule has 1 saturated carbocycles. The number of hydrogen-bond donors (Lipinski definition) is 2. The number of para-hydroxylation sites is 2. The van der Waals surface area contributed by atoms with Gasteiger partial charge in [0.05, 0.1) is 11.0 Å². The molecule has 4 heteroatoms. The van der Waals surface area contributed by atoms with Gasteiger partial charge in [-0.15, -0.1) is 0 Å². The molecule has 1 aromatic carbocycles. The van der Waals surface area contributed by atoms with Crippen LogP contribution in [0.25, 0.3) is 11.0 Å². The van der Waals surface area contributed by atoms with Gasteiger partial charge in [0.1, 0.15) is 5.82 Å². The number of imidazole rings is 1. The largest absolute Gasteiger partial charge is 0.396 e. The minimum absolute atomic E-state index is 0.344. The van der Waals surface area contributed by atoms with Crippen LogP contribution >= 0.6 is 0 Å². The van der Waals surface area contributed by atoms with Crippen molar-refractivity contribution < 1.29 is 5.11 Å². The van der Waals surface area contributed by atoms with Crippen LogP contribution in [0.2, 0.25) is 0 Å². The maximum Gasteiger partial charge on any atom is 0.110 e. The molecule has 4 nitrogen and oxygen atoms in total. The number of hydrogen-bond acceptors (Lipinski definition) is 3. The van der Waals surface area contributed by atoms with Crippen molar-refractivity contribution in [2.75, 3.05) is 19.7 Å². The Kier molecular flexibility index (Phi) is 5.11. The van der Waals surface area contributed by atoms with Crippen LogP contribution in [0.3, 0.4) is 0 Å². The van der Waals surface area contributed by atoms with E-state index in [2.05, 4.69) is 35.1 Å². The number of fused-ring (bicyclic) bond motifs is 1. The van der Waals surface area contributed by atoms with Gasteiger partial charge in [-0.1, -0.05) is 25.0 Å². The van der Waals surface area contributed by atoms with E-state index in [-0.39, 0.29) is 0 Å². The third-order valence-corrected chi connectivity index (χ3v) is 5.11. The molecule has 3 rings (SSSR count). The second-order valence-electron chi connectivity index (χ2n) is 6.52. The summed E-state index contributed by atoms with van der Waals surface area (Å²) in [5.74, 6) is 2.27. The summed E-state index contributed by atoms with van der Waals surface area (Å²) in [5, 5.41) is 13.0. The zero-order valence-electron chi connectivity index (χ0n) is 13.5. The number of aliphatic hydroxyl groups is 1. The highest BCUT2D eigenvalue weighted by Crippen LogP contribution is 2.29. The standard InChI is InChI=1S/C18H27N3O/c1-21-17-9-5-4-8-16(17)20-18(21)10-11-19-12-14-6-2-3-7-15(14)13-22/h4-5,8-9,14-15,19,22H,2-3,6-7,10-13H2,1H3. The van der Waals surface area contributed by atoms with Crippen molar-refractivity contribution in [2.24, 2.45) is 18.9 Å². The lowest BCUT2D eigenvalue weighted by Gasteiger charge is -2.30. The molecule has 120 valence electrons. The molecule has 1 heterocycles.